The highest BCUT2D eigenvalue weighted by Gasteiger charge is 2.42. The van der Waals surface area contributed by atoms with Gasteiger partial charge in [-0.1, -0.05) is 19.9 Å². The second-order valence-corrected chi connectivity index (χ2v) is 4.78. The van der Waals surface area contributed by atoms with E-state index >= 15 is 0 Å². The predicted molar refractivity (Wildman–Crippen MR) is 66.6 cm³/mol. The maximum atomic E-state index is 13.7. The van der Waals surface area contributed by atoms with Gasteiger partial charge in [0.15, 0.2) is 0 Å². The molecule has 0 aliphatic rings. The third-order valence-electron chi connectivity index (χ3n) is 2.51. The number of aliphatic hydroxyl groups is 1. The number of carbonyl (C=O) groups excluding carboxylic acids is 1. The Balaban J connectivity index is 2.58. The van der Waals surface area contributed by atoms with E-state index in [-0.39, 0.29) is 12.5 Å². The molecule has 1 rings (SSSR count). The van der Waals surface area contributed by atoms with E-state index in [2.05, 4.69) is 4.98 Å². The Hall–Kier alpha value is -1.56. The molecular formula is C13H18F2N2O2. The van der Waals surface area contributed by atoms with Gasteiger partial charge in [-0.15, -0.1) is 0 Å². The molecule has 1 amide bonds. The van der Waals surface area contributed by atoms with E-state index in [0.29, 0.717) is 6.42 Å². The van der Waals surface area contributed by atoms with Crippen LogP contribution in [-0.2, 0) is 10.7 Å². The molecule has 1 aromatic rings. The van der Waals surface area contributed by atoms with Crippen LogP contribution in [0.4, 0.5) is 8.78 Å². The number of aliphatic hydroxyl groups excluding tert-OH is 1. The van der Waals surface area contributed by atoms with Crippen molar-refractivity contribution in [1.82, 2.24) is 10.3 Å². The first-order chi connectivity index (χ1) is 8.84. The molecular weight excluding hydrogens is 254 g/mol. The molecule has 2 N–H and O–H groups in total. The van der Waals surface area contributed by atoms with Gasteiger partial charge in [0.05, 0.1) is 6.10 Å². The summed E-state index contributed by atoms with van der Waals surface area (Å²) in [6.07, 6.45) is 0.808. The number of halogens is 2. The van der Waals surface area contributed by atoms with Gasteiger partial charge >= 0.3 is 5.92 Å². The minimum atomic E-state index is -3.70. The van der Waals surface area contributed by atoms with Crippen molar-refractivity contribution >= 4 is 5.91 Å². The Morgan fingerprint density at radius 3 is 2.68 bits per heavy atom. The molecule has 1 heterocycles. The van der Waals surface area contributed by atoms with Crippen molar-refractivity contribution in [3.63, 3.8) is 0 Å². The lowest BCUT2D eigenvalue weighted by atomic mass is 10.1. The first-order valence-electron chi connectivity index (χ1n) is 6.09. The fraction of sp³-hybridized carbons (Fsp3) is 0.538. The third-order valence-corrected chi connectivity index (χ3v) is 2.51. The van der Waals surface area contributed by atoms with Crippen molar-refractivity contribution in [2.45, 2.75) is 32.3 Å². The molecule has 1 unspecified atom stereocenters. The van der Waals surface area contributed by atoms with Gasteiger partial charge in [0.25, 0.3) is 5.91 Å². The standard InChI is InChI=1S/C13H18F2N2O2/c1-9(2)7-10(18)8-17-12(19)13(14,15)11-5-3-4-6-16-11/h3-6,9-10,18H,7-8H2,1-2H3,(H,17,19). The number of hydrogen-bond acceptors (Lipinski definition) is 3. The van der Waals surface area contributed by atoms with E-state index < -0.39 is 23.6 Å². The van der Waals surface area contributed by atoms with Crippen molar-refractivity contribution in [1.29, 1.82) is 0 Å². The Morgan fingerprint density at radius 1 is 1.47 bits per heavy atom. The van der Waals surface area contributed by atoms with Crippen molar-refractivity contribution in [2.24, 2.45) is 5.92 Å². The molecule has 4 nitrogen and oxygen atoms in total. The lowest BCUT2D eigenvalue weighted by Crippen LogP contribution is -2.42. The maximum Gasteiger partial charge on any atom is 0.366 e. The Labute approximate surface area is 110 Å². The van der Waals surface area contributed by atoms with Crippen molar-refractivity contribution in [2.75, 3.05) is 6.54 Å². The largest absolute Gasteiger partial charge is 0.391 e. The summed E-state index contributed by atoms with van der Waals surface area (Å²) in [6, 6.07) is 3.96. The summed E-state index contributed by atoms with van der Waals surface area (Å²) in [6.45, 7) is 3.60. The quantitative estimate of drug-likeness (QED) is 0.828. The zero-order valence-corrected chi connectivity index (χ0v) is 10.9. The molecule has 0 saturated heterocycles. The number of nitrogens with one attached hydrogen (secondary N) is 1. The molecule has 0 fully saturated rings. The summed E-state index contributed by atoms with van der Waals surface area (Å²) in [4.78, 5) is 14.9. The number of pyridine rings is 1. The fourth-order valence-electron chi connectivity index (χ4n) is 1.61. The van der Waals surface area contributed by atoms with Crippen molar-refractivity contribution < 1.29 is 18.7 Å². The van der Waals surface area contributed by atoms with Crippen LogP contribution in [0, 0.1) is 5.92 Å². The number of nitrogens with zero attached hydrogens (tertiary/aromatic N) is 1. The number of hydrogen-bond donors (Lipinski definition) is 2. The number of aromatic nitrogens is 1. The molecule has 0 radical (unpaired) electrons. The Kier molecular flexibility index (Phi) is 5.35. The van der Waals surface area contributed by atoms with E-state index in [4.69, 9.17) is 0 Å². The summed E-state index contributed by atoms with van der Waals surface area (Å²) in [5, 5.41) is 11.6. The van der Waals surface area contributed by atoms with Gasteiger partial charge in [-0.05, 0) is 24.5 Å². The van der Waals surface area contributed by atoms with Gasteiger partial charge in [0.1, 0.15) is 5.69 Å². The number of carbonyl (C=O) groups is 1. The zero-order chi connectivity index (χ0) is 14.5. The lowest BCUT2D eigenvalue weighted by Gasteiger charge is -2.18. The second-order valence-electron chi connectivity index (χ2n) is 4.78. The van der Waals surface area contributed by atoms with E-state index in [1.165, 1.54) is 18.3 Å². The SMILES string of the molecule is CC(C)CC(O)CNC(=O)C(F)(F)c1ccccn1. The molecule has 0 spiro atoms. The van der Waals surface area contributed by atoms with Gasteiger partial charge in [0, 0.05) is 12.7 Å². The summed E-state index contributed by atoms with van der Waals surface area (Å²) in [7, 11) is 0. The van der Waals surface area contributed by atoms with Crippen LogP contribution in [-0.4, -0.2) is 28.6 Å². The van der Waals surface area contributed by atoms with E-state index in [9.17, 15) is 18.7 Å². The smallest absolute Gasteiger partial charge is 0.366 e. The average molecular weight is 272 g/mol. The van der Waals surface area contributed by atoms with Gasteiger partial charge in [-0.2, -0.15) is 8.78 Å². The molecule has 0 aliphatic carbocycles. The van der Waals surface area contributed by atoms with Crippen LogP contribution < -0.4 is 5.32 Å². The zero-order valence-electron chi connectivity index (χ0n) is 10.9. The van der Waals surface area contributed by atoms with Crippen LogP contribution in [0.2, 0.25) is 0 Å². The predicted octanol–water partition coefficient (Wildman–Crippen LogP) is 1.70. The molecule has 1 atom stereocenters. The lowest BCUT2D eigenvalue weighted by molar-refractivity contribution is -0.148. The molecule has 0 aromatic carbocycles. The van der Waals surface area contributed by atoms with Crippen LogP contribution in [0.3, 0.4) is 0 Å². The van der Waals surface area contributed by atoms with Gasteiger partial charge in [0.2, 0.25) is 0 Å². The number of alkyl halides is 2. The minimum Gasteiger partial charge on any atom is -0.391 e. The van der Waals surface area contributed by atoms with Crippen LogP contribution in [0.15, 0.2) is 24.4 Å². The molecule has 0 aliphatic heterocycles. The minimum absolute atomic E-state index is 0.195. The Morgan fingerprint density at radius 2 is 2.16 bits per heavy atom. The summed E-state index contributed by atoms with van der Waals surface area (Å²) >= 11 is 0. The molecule has 0 bridgehead atoms. The van der Waals surface area contributed by atoms with Crippen LogP contribution in [0.1, 0.15) is 26.0 Å². The highest BCUT2D eigenvalue weighted by atomic mass is 19.3. The van der Waals surface area contributed by atoms with Crippen LogP contribution in [0.25, 0.3) is 0 Å². The van der Waals surface area contributed by atoms with Crippen LogP contribution in [0.5, 0.6) is 0 Å². The van der Waals surface area contributed by atoms with Crippen molar-refractivity contribution in [3.05, 3.63) is 30.1 Å². The van der Waals surface area contributed by atoms with E-state index in [1.807, 2.05) is 19.2 Å². The second kappa shape index (κ2) is 6.56. The molecule has 0 saturated carbocycles. The Bertz CT molecular complexity index is 410. The molecule has 1 aromatic heterocycles. The van der Waals surface area contributed by atoms with E-state index in [1.54, 1.807) is 0 Å². The highest BCUT2D eigenvalue weighted by Crippen LogP contribution is 2.25. The molecule has 19 heavy (non-hydrogen) atoms. The van der Waals surface area contributed by atoms with Crippen molar-refractivity contribution in [3.8, 4) is 0 Å². The van der Waals surface area contributed by atoms with Crippen LogP contribution >= 0.6 is 0 Å². The summed E-state index contributed by atoms with van der Waals surface area (Å²) in [5.41, 5.74) is -0.606. The molecule has 106 valence electrons. The van der Waals surface area contributed by atoms with Gasteiger partial charge in [-0.25, -0.2) is 0 Å². The molecule has 6 heteroatoms. The first-order valence-corrected chi connectivity index (χ1v) is 6.09. The maximum absolute atomic E-state index is 13.7. The van der Waals surface area contributed by atoms with Gasteiger partial charge in [-0.3, -0.25) is 9.78 Å². The normalized spacial score (nSPS) is 13.4. The topological polar surface area (TPSA) is 62.2 Å². The number of rotatable bonds is 6. The monoisotopic (exact) mass is 272 g/mol. The number of amides is 1. The summed E-state index contributed by atoms with van der Waals surface area (Å²) in [5.74, 6) is -4.92. The average Bonchev–Trinajstić information content (AvgIpc) is 2.36. The fourth-order valence-corrected chi connectivity index (χ4v) is 1.61. The van der Waals surface area contributed by atoms with E-state index in [0.717, 1.165) is 6.07 Å². The highest BCUT2D eigenvalue weighted by molar-refractivity contribution is 5.84. The third kappa shape index (κ3) is 4.55. The summed E-state index contributed by atoms with van der Waals surface area (Å²) < 4.78 is 27.4. The van der Waals surface area contributed by atoms with Gasteiger partial charge < -0.3 is 10.4 Å². The first kappa shape index (κ1) is 15.5.